The number of allylic oxidation sites excluding steroid dienone is 3. The summed E-state index contributed by atoms with van der Waals surface area (Å²) in [6.07, 6.45) is 0.314. The summed E-state index contributed by atoms with van der Waals surface area (Å²) in [5.74, 6) is 0.384. The lowest BCUT2D eigenvalue weighted by atomic mass is 9.78. The second-order valence-corrected chi connectivity index (χ2v) is 30.5. The maximum atomic E-state index is 14.4. The number of nitrogens with zero attached hydrogens (tertiary/aromatic N) is 3. The van der Waals surface area contributed by atoms with Crippen LogP contribution in [0.15, 0.2) is 109 Å². The smallest absolute Gasteiger partial charge is 0.462 e. The van der Waals surface area contributed by atoms with Crippen LogP contribution in [-0.2, 0) is 110 Å². The number of aryl methyl sites for hydroxylation is 1. The molecule has 0 radical (unpaired) electrons. The number of epoxide rings is 1. The van der Waals surface area contributed by atoms with Crippen LogP contribution in [0.1, 0.15) is 146 Å². The van der Waals surface area contributed by atoms with Crippen molar-refractivity contribution in [3.63, 3.8) is 0 Å². The third-order valence-electron chi connectivity index (χ3n) is 21.0. The van der Waals surface area contributed by atoms with Gasteiger partial charge in [0.2, 0.25) is 29.5 Å². The van der Waals surface area contributed by atoms with E-state index in [-0.39, 0.29) is 147 Å². The fourth-order valence-electron chi connectivity index (χ4n) is 14.0. The van der Waals surface area contributed by atoms with Gasteiger partial charge >= 0.3 is 24.1 Å². The highest BCUT2D eigenvalue weighted by atomic mass is 35.5. The number of nitrogens with one attached hydrogen (secondary N) is 3. The number of carbonyl (C=O) groups is 11. The van der Waals surface area contributed by atoms with Crippen molar-refractivity contribution in [3.8, 4) is 11.8 Å². The third-order valence-corrected chi connectivity index (χ3v) is 21.5. The molecule has 0 saturated carbocycles. The number of ketones is 2. The Kier molecular flexibility index (Phi) is 35.1. The Morgan fingerprint density at radius 2 is 1.46 bits per heavy atom. The summed E-state index contributed by atoms with van der Waals surface area (Å²) in [4.78, 5) is 151. The van der Waals surface area contributed by atoms with Crippen LogP contribution < -0.4 is 31.5 Å². The summed E-state index contributed by atoms with van der Waals surface area (Å²) >= 11 is 6.86. The quantitative estimate of drug-likeness (QED) is 0.00917. The number of urea groups is 1. The molecule has 4 aromatic rings. The van der Waals surface area contributed by atoms with Crippen molar-refractivity contribution < 1.29 is 105 Å². The standard InChI is InChI=1S/C86H110ClN7O22/c1-54(2)79(91-73(97)33-37-109-40-42-111-44-43-110-41-39-108-36-32-66(95)30-31-75(99)94-52-64-20-12-11-18-61(64)26-27-62-19-13-14-22-67(62)94)69(96)48-63(21-16-35-89-83(88)104)81(102)90-65-28-24-59(25-29-65)53-113-84(105)112-38-34-74(98)92(8)58(6)82(103)115-72-49-76(100)93(9)68-47-60(46-56(4)78(68)87)45-55(3)17-15-23-71(107-10)86(106)50-70(114-77(101)51-86)57(5)80-85(72,7)116-80/h11-15,17-20,22-25,28-29,46-47,54,57-58,63,70-72,79-80,106H,16,21,30-45,48-53H2,1-10H3,(H,90,102)(H,91,97)(H3,88,89,104)/b23-15+,55-17+/t57-,58+,63-,70+,71-,72+,79+,80+,85+,86-/m1/s1. The van der Waals surface area contributed by atoms with Crippen LogP contribution in [0.25, 0.3) is 0 Å². The van der Waals surface area contributed by atoms with Gasteiger partial charge in [-0.15, -0.1) is 0 Å². The SMILES string of the molecule is CO[C@@H]1/C=C/C=C(\C)Cc2cc(C)c(Cl)c(c2)N(C)C(=O)C[C@H](OC(=O)[C@H](C)N(C)C(=O)CCOC(=O)OCc2ccc(NC(=O)[C@H](CCCNC(N)=O)CC(=O)[C@@H](NC(=O)CCOCCOCCOCCOCCC(=O)CCC(=O)N3Cc4ccccc4C#Cc4ccccc43)C(C)C)cc2)[C@]2(C)O[C@H]2[C@H](C)[C@@H]2C[C@@]1(O)CC(=O)O2. The first-order chi connectivity index (χ1) is 55.4. The number of nitrogens with two attached hydrogens (primary N) is 1. The average molecular weight is 1630 g/mol. The monoisotopic (exact) mass is 1630 g/mol. The van der Waals surface area contributed by atoms with Crippen molar-refractivity contribution in [2.24, 2.45) is 23.5 Å². The lowest BCUT2D eigenvalue weighted by Crippen LogP contribution is -2.53. The number of likely N-dealkylation sites (N-methyl/N-ethyl adjacent to an activating group) is 1. The fourth-order valence-corrected chi connectivity index (χ4v) is 14.2. The Labute approximate surface area is 682 Å². The first-order valence-electron chi connectivity index (χ1n) is 39.2. The number of hydrogen-bond acceptors (Lipinski definition) is 22. The van der Waals surface area contributed by atoms with Gasteiger partial charge in [-0.2, -0.15) is 0 Å². The lowest BCUT2D eigenvalue weighted by molar-refractivity contribution is -0.187. The molecule has 2 saturated heterocycles. The first-order valence-corrected chi connectivity index (χ1v) is 39.6. The van der Waals surface area contributed by atoms with Crippen molar-refractivity contribution in [3.05, 3.63) is 147 Å². The summed E-state index contributed by atoms with van der Waals surface area (Å²) in [6, 6.07) is 22.3. The molecular weight excluding hydrogens is 1520 g/mol. The second-order valence-electron chi connectivity index (χ2n) is 30.1. The predicted octanol–water partition coefficient (Wildman–Crippen LogP) is 9.05. The van der Waals surface area contributed by atoms with Gasteiger partial charge in [0.25, 0.3) is 0 Å². The van der Waals surface area contributed by atoms with Gasteiger partial charge in [0, 0.05) is 94.9 Å². The van der Waals surface area contributed by atoms with Gasteiger partial charge in [0.1, 0.15) is 54.6 Å². The number of esters is 2. The number of fused-ring (bicyclic) bond motifs is 7. The highest BCUT2D eigenvalue weighted by Gasteiger charge is 2.64. The van der Waals surface area contributed by atoms with E-state index in [1.54, 1.807) is 76.1 Å². The van der Waals surface area contributed by atoms with E-state index in [2.05, 4.69) is 27.8 Å². The minimum Gasteiger partial charge on any atom is -0.462 e. The number of para-hydroxylation sites is 1. The zero-order valence-electron chi connectivity index (χ0n) is 67.8. The first kappa shape index (κ1) is 91.6. The molecule has 116 heavy (non-hydrogen) atoms. The van der Waals surface area contributed by atoms with Gasteiger partial charge in [-0.1, -0.05) is 117 Å². The Morgan fingerprint density at radius 3 is 2.14 bits per heavy atom. The molecule has 4 aliphatic rings. The van der Waals surface area contributed by atoms with Gasteiger partial charge in [-0.3, -0.25) is 38.4 Å². The van der Waals surface area contributed by atoms with Gasteiger partial charge in [0.15, 0.2) is 5.78 Å². The van der Waals surface area contributed by atoms with E-state index in [1.807, 2.05) is 80.6 Å². The van der Waals surface area contributed by atoms with Gasteiger partial charge in [0.05, 0.1) is 107 Å². The number of ether oxygens (including phenoxy) is 10. The molecule has 628 valence electrons. The van der Waals surface area contributed by atoms with Crippen LogP contribution in [-0.4, -0.2) is 210 Å². The van der Waals surface area contributed by atoms with Crippen LogP contribution in [0, 0.1) is 36.5 Å². The summed E-state index contributed by atoms with van der Waals surface area (Å²) in [6.45, 7) is 13.8. The number of hydrogen-bond donors (Lipinski definition) is 5. The molecular formula is C86H110ClN7O22. The van der Waals surface area contributed by atoms with E-state index >= 15 is 0 Å². The molecule has 4 bridgehead atoms. The largest absolute Gasteiger partial charge is 0.508 e. The Bertz CT molecular complexity index is 4260. The normalized spacial score (nSPS) is 21.3. The van der Waals surface area contributed by atoms with Gasteiger partial charge < -0.3 is 88.9 Å². The maximum absolute atomic E-state index is 14.4. The Hall–Kier alpha value is -9.90. The molecule has 30 heteroatoms. The minimum atomic E-state index is -1.65. The topological polar surface area (TPSA) is 375 Å². The number of benzene rings is 4. The molecule has 6 N–H and O–H groups in total. The number of methoxy groups -OCH3 is 1. The molecule has 4 aliphatic heterocycles. The van der Waals surface area contributed by atoms with E-state index in [4.69, 9.17) is 64.7 Å². The fraction of sp³-hybridized carbons (Fsp3) is 0.523. The highest BCUT2D eigenvalue weighted by Crippen LogP contribution is 2.50. The summed E-state index contributed by atoms with van der Waals surface area (Å²) in [7, 11) is 4.38. The van der Waals surface area contributed by atoms with E-state index in [9.17, 15) is 57.8 Å². The van der Waals surface area contributed by atoms with Crippen LogP contribution >= 0.6 is 11.6 Å². The number of rotatable bonds is 38. The van der Waals surface area contributed by atoms with Crippen molar-refractivity contribution in [1.82, 2.24) is 15.5 Å². The number of carbonyl (C=O) groups excluding carboxylic acids is 11. The molecule has 7 amide bonds. The van der Waals surface area contributed by atoms with Crippen molar-refractivity contribution in [1.29, 1.82) is 0 Å². The number of primary amides is 1. The maximum Gasteiger partial charge on any atom is 0.508 e. The highest BCUT2D eigenvalue weighted by molar-refractivity contribution is 6.34. The molecule has 8 rings (SSSR count). The van der Waals surface area contributed by atoms with E-state index < -0.39 is 120 Å². The van der Waals surface area contributed by atoms with E-state index in [0.717, 1.165) is 44.0 Å². The zero-order chi connectivity index (χ0) is 84.2. The Balaban J connectivity index is 0.718. The van der Waals surface area contributed by atoms with Gasteiger partial charge in [-0.05, 0) is 112 Å². The number of anilines is 3. The summed E-state index contributed by atoms with van der Waals surface area (Å²) < 4.78 is 57.0. The minimum absolute atomic E-state index is 0.0143. The second kappa shape index (κ2) is 44.4. The zero-order valence-corrected chi connectivity index (χ0v) is 68.6. The number of Topliss-reactive ketones (excluding diaryl/α,β-unsaturated/α-hetero) is 2. The van der Waals surface area contributed by atoms with E-state index in [0.29, 0.717) is 41.3 Å². The molecule has 4 heterocycles. The lowest BCUT2D eigenvalue weighted by Gasteiger charge is -2.41. The Morgan fingerprint density at radius 1 is 0.802 bits per heavy atom. The molecule has 29 nitrogen and oxygen atoms in total. The van der Waals surface area contributed by atoms with E-state index in [1.165, 1.54) is 26.0 Å². The van der Waals surface area contributed by atoms with Crippen molar-refractivity contribution in [2.75, 3.05) is 102 Å². The molecule has 2 fully saturated rings. The van der Waals surface area contributed by atoms with Crippen LogP contribution in [0.3, 0.4) is 0 Å². The number of aliphatic hydroxyl groups is 1. The van der Waals surface area contributed by atoms with Crippen molar-refractivity contribution >= 4 is 93.9 Å². The van der Waals surface area contributed by atoms with Gasteiger partial charge in [-0.25, -0.2) is 14.4 Å². The van der Waals surface area contributed by atoms with Crippen LogP contribution in [0.5, 0.6) is 0 Å². The van der Waals surface area contributed by atoms with Crippen LogP contribution in [0.2, 0.25) is 5.02 Å². The number of halogens is 1. The summed E-state index contributed by atoms with van der Waals surface area (Å²) in [5, 5.41) is 20.5. The molecule has 0 unspecified atom stereocenters. The third kappa shape index (κ3) is 27.1. The average Bonchev–Trinajstić information content (AvgIpc) is 1.57. The molecule has 0 aliphatic carbocycles. The summed E-state index contributed by atoms with van der Waals surface area (Å²) in [5.41, 5.74) is 9.33. The molecule has 4 aromatic carbocycles. The molecule has 10 atom stereocenters. The molecule has 0 spiro atoms. The van der Waals surface area contributed by atoms with Crippen molar-refractivity contribution in [2.45, 2.75) is 186 Å². The predicted molar refractivity (Wildman–Crippen MR) is 430 cm³/mol. The molecule has 0 aromatic heterocycles. The number of amides is 7. The van der Waals surface area contributed by atoms with Crippen LogP contribution in [0.4, 0.5) is 26.7 Å².